The minimum atomic E-state index is -0.514. The van der Waals surface area contributed by atoms with Crippen LogP contribution in [0.3, 0.4) is 0 Å². The minimum Gasteiger partial charge on any atom is -0.467 e. The summed E-state index contributed by atoms with van der Waals surface area (Å²) in [6.45, 7) is 1.87. The average molecular weight is 283 g/mol. The number of carbonyl (C=O) groups is 2. The number of likely N-dealkylation sites (tertiary alicyclic amines) is 1. The van der Waals surface area contributed by atoms with Gasteiger partial charge in [-0.25, -0.2) is 9.78 Å². The van der Waals surface area contributed by atoms with Crippen LogP contribution >= 0.6 is 11.6 Å². The van der Waals surface area contributed by atoms with Crippen molar-refractivity contribution in [2.24, 2.45) is 0 Å². The first kappa shape index (κ1) is 13.8. The van der Waals surface area contributed by atoms with E-state index in [1.807, 2.05) is 6.92 Å². The number of hydrogen-bond acceptors (Lipinski definition) is 4. The molecule has 2 unspecified atom stereocenters. The Morgan fingerprint density at radius 1 is 1.63 bits per heavy atom. The number of rotatable bonds is 3. The van der Waals surface area contributed by atoms with Gasteiger partial charge in [-0.1, -0.05) is 11.6 Å². The Bertz CT molecular complexity index is 506. The lowest BCUT2D eigenvalue weighted by atomic mass is 10.1. The largest absolute Gasteiger partial charge is 0.467 e. The Morgan fingerprint density at radius 3 is 3.00 bits per heavy atom. The molecule has 0 N–H and O–H groups in total. The Kier molecular flexibility index (Phi) is 4.04. The second-order valence-corrected chi connectivity index (χ2v) is 4.85. The second-order valence-electron chi connectivity index (χ2n) is 4.47. The second kappa shape index (κ2) is 5.57. The zero-order chi connectivity index (χ0) is 14.0. The molecule has 1 amide bonds. The third-order valence-electron chi connectivity index (χ3n) is 3.38. The highest BCUT2D eigenvalue weighted by molar-refractivity contribution is 6.29. The molecule has 0 spiro atoms. The van der Waals surface area contributed by atoms with Crippen molar-refractivity contribution in [2.75, 3.05) is 7.11 Å². The summed E-state index contributed by atoms with van der Waals surface area (Å²) in [5.74, 6) is -0.423. The third-order valence-corrected chi connectivity index (χ3v) is 3.59. The van der Waals surface area contributed by atoms with Crippen LogP contribution in [0.4, 0.5) is 0 Å². The summed E-state index contributed by atoms with van der Waals surface area (Å²) in [5, 5.41) is 0.366. The highest BCUT2D eigenvalue weighted by Crippen LogP contribution is 2.31. The molecule has 0 aromatic carbocycles. The predicted octanol–water partition coefficient (Wildman–Crippen LogP) is 1.96. The molecule has 1 fully saturated rings. The van der Waals surface area contributed by atoms with Crippen molar-refractivity contribution in [3.8, 4) is 0 Å². The normalized spacial score (nSPS) is 20.5. The maximum Gasteiger partial charge on any atom is 0.328 e. The SMILES string of the molecule is COC(=O)C1CCC(=O)N1C(C)c1ccnc(Cl)c1. The first-order chi connectivity index (χ1) is 9.04. The van der Waals surface area contributed by atoms with Crippen LogP contribution in [0.1, 0.15) is 31.4 Å². The molecule has 0 radical (unpaired) electrons. The molecule has 2 rings (SSSR count). The quantitative estimate of drug-likeness (QED) is 0.628. The van der Waals surface area contributed by atoms with E-state index < -0.39 is 6.04 Å². The minimum absolute atomic E-state index is 0.0455. The van der Waals surface area contributed by atoms with E-state index in [2.05, 4.69) is 4.98 Å². The molecule has 1 aliphatic heterocycles. The number of halogens is 1. The standard InChI is InChI=1S/C13H15ClN2O3/c1-8(9-5-6-15-11(14)7-9)16-10(13(18)19-2)3-4-12(16)17/h5-8,10H,3-4H2,1-2H3. The molecule has 0 aliphatic carbocycles. The summed E-state index contributed by atoms with van der Waals surface area (Å²) in [4.78, 5) is 29.2. The summed E-state index contributed by atoms with van der Waals surface area (Å²) in [6.07, 6.45) is 2.44. The molecule has 102 valence electrons. The molecule has 2 atom stereocenters. The third kappa shape index (κ3) is 2.71. The molecule has 1 aromatic rings. The lowest BCUT2D eigenvalue weighted by Crippen LogP contribution is -2.40. The zero-order valence-corrected chi connectivity index (χ0v) is 11.6. The Labute approximate surface area is 116 Å². The van der Waals surface area contributed by atoms with Gasteiger partial charge in [0.05, 0.1) is 13.2 Å². The van der Waals surface area contributed by atoms with Crippen molar-refractivity contribution >= 4 is 23.5 Å². The highest BCUT2D eigenvalue weighted by atomic mass is 35.5. The van der Waals surface area contributed by atoms with Gasteiger partial charge in [0.15, 0.2) is 0 Å². The first-order valence-electron chi connectivity index (χ1n) is 6.05. The lowest BCUT2D eigenvalue weighted by molar-refractivity contribution is -0.150. The molecular formula is C13H15ClN2O3. The molecule has 2 heterocycles. The topological polar surface area (TPSA) is 59.5 Å². The van der Waals surface area contributed by atoms with E-state index in [4.69, 9.17) is 16.3 Å². The molecule has 6 heteroatoms. The van der Waals surface area contributed by atoms with Crippen LogP contribution in [-0.4, -0.2) is 34.9 Å². The monoisotopic (exact) mass is 282 g/mol. The summed E-state index contributed by atoms with van der Waals surface area (Å²) in [7, 11) is 1.33. The summed E-state index contributed by atoms with van der Waals surface area (Å²) in [5.41, 5.74) is 0.851. The predicted molar refractivity (Wildman–Crippen MR) is 69.5 cm³/mol. The highest BCUT2D eigenvalue weighted by Gasteiger charge is 2.39. The van der Waals surface area contributed by atoms with Crippen molar-refractivity contribution in [3.63, 3.8) is 0 Å². The maximum absolute atomic E-state index is 12.0. The van der Waals surface area contributed by atoms with Crippen LogP contribution in [-0.2, 0) is 14.3 Å². The van der Waals surface area contributed by atoms with Gasteiger partial charge in [0.25, 0.3) is 0 Å². The Morgan fingerprint density at radius 2 is 2.37 bits per heavy atom. The number of amides is 1. The number of pyridine rings is 1. The molecule has 1 aromatic heterocycles. The van der Waals surface area contributed by atoms with E-state index in [1.165, 1.54) is 7.11 Å². The molecule has 0 saturated carbocycles. The molecule has 5 nitrogen and oxygen atoms in total. The van der Waals surface area contributed by atoms with Gasteiger partial charge in [-0.2, -0.15) is 0 Å². The summed E-state index contributed by atoms with van der Waals surface area (Å²) in [6, 6.07) is 2.74. The van der Waals surface area contributed by atoms with E-state index >= 15 is 0 Å². The Hall–Kier alpha value is -1.62. The molecule has 19 heavy (non-hydrogen) atoms. The fourth-order valence-corrected chi connectivity index (χ4v) is 2.58. The van der Waals surface area contributed by atoms with Gasteiger partial charge in [0.1, 0.15) is 11.2 Å². The van der Waals surface area contributed by atoms with Crippen LogP contribution in [0.15, 0.2) is 18.3 Å². The van der Waals surface area contributed by atoms with Crippen LogP contribution in [0, 0.1) is 0 Å². The Balaban J connectivity index is 2.27. The van der Waals surface area contributed by atoms with Crippen molar-refractivity contribution in [1.82, 2.24) is 9.88 Å². The van der Waals surface area contributed by atoms with Crippen molar-refractivity contribution in [1.29, 1.82) is 0 Å². The lowest BCUT2D eigenvalue weighted by Gasteiger charge is -2.29. The van der Waals surface area contributed by atoms with E-state index in [9.17, 15) is 9.59 Å². The van der Waals surface area contributed by atoms with Crippen molar-refractivity contribution in [2.45, 2.75) is 31.8 Å². The fraction of sp³-hybridized carbons (Fsp3) is 0.462. The molecule has 0 bridgehead atoms. The van der Waals surface area contributed by atoms with Gasteiger partial charge in [0.2, 0.25) is 5.91 Å². The molecule has 1 saturated heterocycles. The first-order valence-corrected chi connectivity index (χ1v) is 6.43. The van der Waals surface area contributed by atoms with E-state index in [0.717, 1.165) is 5.56 Å². The van der Waals surface area contributed by atoms with Crippen LogP contribution in [0.25, 0.3) is 0 Å². The number of ether oxygens (including phenoxy) is 1. The van der Waals surface area contributed by atoms with E-state index in [1.54, 1.807) is 23.2 Å². The van der Waals surface area contributed by atoms with Gasteiger partial charge in [0, 0.05) is 12.6 Å². The van der Waals surface area contributed by atoms with Gasteiger partial charge in [-0.15, -0.1) is 0 Å². The number of carbonyl (C=O) groups excluding carboxylic acids is 2. The van der Waals surface area contributed by atoms with E-state index in [0.29, 0.717) is 18.0 Å². The fourth-order valence-electron chi connectivity index (χ4n) is 2.39. The number of nitrogens with zero attached hydrogens (tertiary/aromatic N) is 2. The summed E-state index contributed by atoms with van der Waals surface area (Å²) >= 11 is 5.85. The molecule has 1 aliphatic rings. The maximum atomic E-state index is 12.0. The van der Waals surface area contributed by atoms with Crippen molar-refractivity contribution in [3.05, 3.63) is 29.0 Å². The molecular weight excluding hydrogens is 268 g/mol. The van der Waals surface area contributed by atoms with Crippen molar-refractivity contribution < 1.29 is 14.3 Å². The van der Waals surface area contributed by atoms with Gasteiger partial charge in [-0.3, -0.25) is 4.79 Å². The van der Waals surface area contributed by atoms with Gasteiger partial charge in [-0.05, 0) is 31.0 Å². The zero-order valence-electron chi connectivity index (χ0n) is 10.8. The average Bonchev–Trinajstić information content (AvgIpc) is 2.79. The smallest absolute Gasteiger partial charge is 0.328 e. The number of methoxy groups -OCH3 is 1. The van der Waals surface area contributed by atoms with Crippen LogP contribution < -0.4 is 0 Å². The number of esters is 1. The van der Waals surface area contributed by atoms with Gasteiger partial charge < -0.3 is 9.64 Å². The van der Waals surface area contributed by atoms with Crippen LogP contribution in [0.5, 0.6) is 0 Å². The number of aromatic nitrogens is 1. The van der Waals surface area contributed by atoms with Gasteiger partial charge >= 0.3 is 5.97 Å². The van der Waals surface area contributed by atoms with Crippen LogP contribution in [0.2, 0.25) is 5.15 Å². The number of hydrogen-bond donors (Lipinski definition) is 0. The summed E-state index contributed by atoms with van der Waals surface area (Å²) < 4.78 is 4.75. The van der Waals surface area contributed by atoms with E-state index in [-0.39, 0.29) is 17.9 Å².